The second kappa shape index (κ2) is 6.78. The lowest BCUT2D eigenvalue weighted by Crippen LogP contribution is -2.29. The molecule has 21 heavy (non-hydrogen) atoms. The van der Waals surface area contributed by atoms with Crippen molar-refractivity contribution in [3.05, 3.63) is 30.2 Å². The van der Waals surface area contributed by atoms with Crippen LogP contribution in [0.4, 0.5) is 5.82 Å². The van der Waals surface area contributed by atoms with Gasteiger partial charge in [0, 0.05) is 13.6 Å². The quantitative estimate of drug-likeness (QED) is 0.820. The number of nitrogens with zero attached hydrogens (tertiary/aromatic N) is 5. The SMILES string of the molecule is CCCNc1cncc(C(=O)NC(C)c2nncn2C)n1. The van der Waals surface area contributed by atoms with Crippen LogP contribution in [0, 0.1) is 0 Å². The van der Waals surface area contributed by atoms with Crippen LogP contribution >= 0.6 is 0 Å². The molecule has 2 rings (SSSR count). The molecule has 8 heteroatoms. The molecule has 0 aromatic carbocycles. The number of hydrogen-bond acceptors (Lipinski definition) is 6. The topological polar surface area (TPSA) is 97.6 Å². The minimum atomic E-state index is -0.293. The van der Waals surface area contributed by atoms with E-state index in [0.717, 1.165) is 13.0 Å². The first-order chi connectivity index (χ1) is 10.1. The second-order valence-corrected chi connectivity index (χ2v) is 4.71. The highest BCUT2D eigenvalue weighted by molar-refractivity contribution is 5.92. The summed E-state index contributed by atoms with van der Waals surface area (Å²) in [4.78, 5) is 20.5. The number of hydrogen-bond donors (Lipinski definition) is 2. The van der Waals surface area contributed by atoms with Crippen LogP contribution in [0.5, 0.6) is 0 Å². The van der Waals surface area contributed by atoms with E-state index in [2.05, 4.69) is 37.7 Å². The molecular formula is C13H19N7O. The third-order valence-corrected chi connectivity index (χ3v) is 2.90. The molecule has 0 saturated carbocycles. The van der Waals surface area contributed by atoms with Crippen LogP contribution in [-0.4, -0.2) is 37.2 Å². The zero-order valence-electron chi connectivity index (χ0n) is 12.4. The van der Waals surface area contributed by atoms with Crippen LogP contribution in [0.15, 0.2) is 18.7 Å². The Bertz CT molecular complexity index is 610. The fourth-order valence-corrected chi connectivity index (χ4v) is 1.83. The second-order valence-electron chi connectivity index (χ2n) is 4.71. The van der Waals surface area contributed by atoms with E-state index in [9.17, 15) is 4.79 Å². The lowest BCUT2D eigenvalue weighted by molar-refractivity contribution is 0.0932. The number of amides is 1. The molecule has 0 fully saturated rings. The highest BCUT2D eigenvalue weighted by Crippen LogP contribution is 2.09. The van der Waals surface area contributed by atoms with Gasteiger partial charge in [0.05, 0.1) is 18.4 Å². The summed E-state index contributed by atoms with van der Waals surface area (Å²) in [5, 5.41) is 13.7. The smallest absolute Gasteiger partial charge is 0.272 e. The molecule has 0 radical (unpaired) electrons. The Balaban J connectivity index is 2.04. The summed E-state index contributed by atoms with van der Waals surface area (Å²) in [6.07, 6.45) is 5.60. The lowest BCUT2D eigenvalue weighted by atomic mass is 10.3. The summed E-state index contributed by atoms with van der Waals surface area (Å²) in [6.45, 7) is 4.68. The highest BCUT2D eigenvalue weighted by Gasteiger charge is 2.16. The van der Waals surface area contributed by atoms with Crippen LogP contribution in [-0.2, 0) is 7.05 Å². The predicted molar refractivity (Wildman–Crippen MR) is 77.7 cm³/mol. The fraction of sp³-hybridized carbons (Fsp3) is 0.462. The van der Waals surface area contributed by atoms with Crippen LogP contribution in [0.25, 0.3) is 0 Å². The molecule has 0 aliphatic heterocycles. The molecule has 112 valence electrons. The van der Waals surface area contributed by atoms with Gasteiger partial charge in [-0.1, -0.05) is 6.92 Å². The lowest BCUT2D eigenvalue weighted by Gasteiger charge is -2.12. The van der Waals surface area contributed by atoms with E-state index < -0.39 is 0 Å². The normalized spacial score (nSPS) is 12.0. The Labute approximate surface area is 123 Å². The first kappa shape index (κ1) is 14.9. The Kier molecular flexibility index (Phi) is 4.81. The van der Waals surface area contributed by atoms with E-state index in [1.807, 2.05) is 14.0 Å². The van der Waals surface area contributed by atoms with E-state index >= 15 is 0 Å². The molecular weight excluding hydrogens is 270 g/mol. The van der Waals surface area contributed by atoms with E-state index in [4.69, 9.17) is 0 Å². The molecule has 2 heterocycles. The van der Waals surface area contributed by atoms with Gasteiger partial charge in [-0.3, -0.25) is 9.78 Å². The Hall–Kier alpha value is -2.51. The van der Waals surface area contributed by atoms with Crippen molar-refractivity contribution in [2.24, 2.45) is 7.05 Å². The zero-order chi connectivity index (χ0) is 15.2. The van der Waals surface area contributed by atoms with Crippen molar-refractivity contribution in [1.82, 2.24) is 30.0 Å². The number of nitrogens with one attached hydrogen (secondary N) is 2. The largest absolute Gasteiger partial charge is 0.369 e. The third-order valence-electron chi connectivity index (χ3n) is 2.90. The van der Waals surface area contributed by atoms with E-state index in [1.165, 1.54) is 6.20 Å². The minimum Gasteiger partial charge on any atom is -0.369 e. The molecule has 2 aromatic rings. The van der Waals surface area contributed by atoms with Gasteiger partial charge in [-0.05, 0) is 13.3 Å². The summed E-state index contributed by atoms with van der Waals surface area (Å²) in [6, 6.07) is -0.265. The van der Waals surface area contributed by atoms with Crippen LogP contribution in [0.2, 0.25) is 0 Å². The summed E-state index contributed by atoms with van der Waals surface area (Å²) < 4.78 is 1.76. The van der Waals surface area contributed by atoms with Crippen LogP contribution in [0.3, 0.4) is 0 Å². The molecule has 1 unspecified atom stereocenters. The number of aromatic nitrogens is 5. The molecule has 0 aliphatic rings. The minimum absolute atomic E-state index is 0.265. The van der Waals surface area contributed by atoms with Crippen molar-refractivity contribution in [2.45, 2.75) is 26.3 Å². The molecule has 0 bridgehead atoms. The van der Waals surface area contributed by atoms with Crippen molar-refractivity contribution in [1.29, 1.82) is 0 Å². The third kappa shape index (κ3) is 3.74. The summed E-state index contributed by atoms with van der Waals surface area (Å²) in [7, 11) is 1.83. The number of rotatable bonds is 6. The first-order valence-corrected chi connectivity index (χ1v) is 6.82. The van der Waals surface area contributed by atoms with E-state index in [-0.39, 0.29) is 17.6 Å². The molecule has 2 N–H and O–H groups in total. The highest BCUT2D eigenvalue weighted by atomic mass is 16.2. The van der Waals surface area contributed by atoms with Gasteiger partial charge in [-0.2, -0.15) is 0 Å². The zero-order valence-corrected chi connectivity index (χ0v) is 12.4. The number of carbonyl (C=O) groups is 1. The molecule has 8 nitrogen and oxygen atoms in total. The number of carbonyl (C=O) groups excluding carboxylic acids is 1. The molecule has 1 atom stereocenters. The monoisotopic (exact) mass is 289 g/mol. The summed E-state index contributed by atoms with van der Waals surface area (Å²) >= 11 is 0. The maximum atomic E-state index is 12.2. The maximum absolute atomic E-state index is 12.2. The molecule has 0 saturated heterocycles. The van der Waals surface area contributed by atoms with Gasteiger partial charge < -0.3 is 15.2 Å². The van der Waals surface area contributed by atoms with Crippen molar-refractivity contribution >= 4 is 11.7 Å². The Morgan fingerprint density at radius 3 is 2.90 bits per heavy atom. The molecule has 0 spiro atoms. The van der Waals surface area contributed by atoms with Gasteiger partial charge in [0.1, 0.15) is 17.8 Å². The predicted octanol–water partition coefficient (Wildman–Crippen LogP) is 0.918. The average Bonchev–Trinajstić information content (AvgIpc) is 2.91. The van der Waals surface area contributed by atoms with Crippen molar-refractivity contribution in [2.75, 3.05) is 11.9 Å². The van der Waals surface area contributed by atoms with Crippen LogP contribution < -0.4 is 10.6 Å². The van der Waals surface area contributed by atoms with Crippen LogP contribution in [0.1, 0.15) is 42.6 Å². The van der Waals surface area contributed by atoms with Crippen molar-refractivity contribution < 1.29 is 4.79 Å². The Morgan fingerprint density at radius 1 is 1.43 bits per heavy atom. The standard InChI is InChI=1S/C13H19N7O/c1-4-5-15-11-7-14-6-10(18-11)13(21)17-9(2)12-19-16-8-20(12)3/h6-9H,4-5H2,1-3H3,(H,15,18)(H,17,21). The fourth-order valence-electron chi connectivity index (χ4n) is 1.83. The molecule has 1 amide bonds. The van der Waals surface area contributed by atoms with E-state index in [0.29, 0.717) is 11.6 Å². The Morgan fingerprint density at radius 2 is 2.24 bits per heavy atom. The first-order valence-electron chi connectivity index (χ1n) is 6.82. The van der Waals surface area contributed by atoms with Gasteiger partial charge in [-0.15, -0.1) is 10.2 Å². The van der Waals surface area contributed by atoms with Gasteiger partial charge >= 0.3 is 0 Å². The van der Waals surface area contributed by atoms with Crippen molar-refractivity contribution in [3.8, 4) is 0 Å². The van der Waals surface area contributed by atoms with E-state index in [1.54, 1.807) is 17.1 Å². The van der Waals surface area contributed by atoms with Crippen molar-refractivity contribution in [3.63, 3.8) is 0 Å². The maximum Gasteiger partial charge on any atom is 0.272 e. The molecule has 2 aromatic heterocycles. The summed E-state index contributed by atoms with van der Waals surface area (Å²) in [5.74, 6) is 0.977. The van der Waals surface area contributed by atoms with Gasteiger partial charge in [0.25, 0.3) is 5.91 Å². The number of aryl methyl sites for hydroxylation is 1. The van der Waals surface area contributed by atoms with Gasteiger partial charge in [-0.25, -0.2) is 4.98 Å². The van der Waals surface area contributed by atoms with Gasteiger partial charge in [0.15, 0.2) is 5.82 Å². The average molecular weight is 289 g/mol. The summed E-state index contributed by atoms with van der Waals surface area (Å²) in [5.41, 5.74) is 0.269. The van der Waals surface area contributed by atoms with Gasteiger partial charge in [0.2, 0.25) is 0 Å². The molecule has 0 aliphatic carbocycles. The number of anilines is 1.